The average Bonchev–Trinajstić information content (AvgIpc) is 3.32. The van der Waals surface area contributed by atoms with E-state index in [0.717, 1.165) is 48.7 Å². The van der Waals surface area contributed by atoms with Crippen molar-refractivity contribution in [3.05, 3.63) is 77.4 Å². The summed E-state index contributed by atoms with van der Waals surface area (Å²) in [5.41, 5.74) is 4.36. The zero-order valence-electron chi connectivity index (χ0n) is 16.2. The van der Waals surface area contributed by atoms with Crippen molar-refractivity contribution in [3.63, 3.8) is 0 Å². The van der Waals surface area contributed by atoms with Gasteiger partial charge in [0.15, 0.2) is 0 Å². The smallest absolute Gasteiger partial charge is 0.257 e. The lowest BCUT2D eigenvalue weighted by atomic mass is 10.2. The van der Waals surface area contributed by atoms with E-state index in [0.29, 0.717) is 5.56 Å². The Kier molecular flexibility index (Phi) is 4.90. The summed E-state index contributed by atoms with van der Waals surface area (Å²) in [6.07, 6.45) is 2.17. The summed E-state index contributed by atoms with van der Waals surface area (Å²) >= 11 is 0. The molecule has 1 fully saturated rings. The Morgan fingerprint density at radius 3 is 2.43 bits per heavy atom. The number of halogens is 1. The Morgan fingerprint density at radius 1 is 1.00 bits per heavy atom. The predicted molar refractivity (Wildman–Crippen MR) is 111 cm³/mol. The van der Waals surface area contributed by atoms with Gasteiger partial charge in [-0.05, 0) is 57.0 Å². The number of carbonyl (C=O) groups excluding carboxylic acids is 1. The van der Waals surface area contributed by atoms with Crippen molar-refractivity contribution < 1.29 is 9.18 Å². The van der Waals surface area contributed by atoms with Gasteiger partial charge in [-0.25, -0.2) is 4.39 Å². The van der Waals surface area contributed by atoms with Crippen LogP contribution in [0.1, 0.15) is 34.6 Å². The quantitative estimate of drug-likeness (QED) is 0.688. The van der Waals surface area contributed by atoms with Crippen LogP contribution in [0.3, 0.4) is 0 Å². The number of hydrogen-bond donors (Lipinski definition) is 1. The van der Waals surface area contributed by atoms with Crippen LogP contribution >= 0.6 is 0 Å². The number of amides is 1. The number of anilines is 2. The van der Waals surface area contributed by atoms with Crippen LogP contribution in [0.25, 0.3) is 5.69 Å². The molecule has 0 aliphatic carbocycles. The second kappa shape index (κ2) is 7.50. The average molecular weight is 377 g/mol. The highest BCUT2D eigenvalue weighted by Crippen LogP contribution is 2.32. The number of hydrogen-bond acceptors (Lipinski definition) is 2. The van der Waals surface area contributed by atoms with E-state index in [1.54, 1.807) is 6.07 Å². The number of aromatic nitrogens is 1. The third-order valence-electron chi connectivity index (χ3n) is 5.37. The fourth-order valence-electron chi connectivity index (χ4n) is 4.01. The maximum absolute atomic E-state index is 14.6. The molecule has 1 amide bonds. The van der Waals surface area contributed by atoms with Gasteiger partial charge in [0.1, 0.15) is 11.5 Å². The largest absolute Gasteiger partial charge is 0.370 e. The molecule has 1 aliphatic heterocycles. The summed E-state index contributed by atoms with van der Waals surface area (Å²) in [6.45, 7) is 5.65. The Labute approximate surface area is 164 Å². The number of carbonyl (C=O) groups is 1. The van der Waals surface area contributed by atoms with Crippen molar-refractivity contribution in [2.75, 3.05) is 23.3 Å². The van der Waals surface area contributed by atoms with Crippen LogP contribution in [0.4, 0.5) is 15.8 Å². The Hall–Kier alpha value is -3.08. The van der Waals surface area contributed by atoms with Crippen molar-refractivity contribution in [2.45, 2.75) is 26.7 Å². The van der Waals surface area contributed by atoms with Crippen LogP contribution in [0, 0.1) is 19.7 Å². The highest BCUT2D eigenvalue weighted by Gasteiger charge is 2.22. The van der Waals surface area contributed by atoms with E-state index in [1.165, 1.54) is 6.07 Å². The molecule has 144 valence electrons. The Bertz CT molecular complexity index is 1000. The van der Waals surface area contributed by atoms with Crippen molar-refractivity contribution in [2.24, 2.45) is 0 Å². The van der Waals surface area contributed by atoms with Crippen molar-refractivity contribution in [1.82, 2.24) is 4.57 Å². The zero-order valence-corrected chi connectivity index (χ0v) is 16.2. The van der Waals surface area contributed by atoms with E-state index in [9.17, 15) is 9.18 Å². The SMILES string of the molecule is Cc1cc(C(=O)Nc2c(F)cccc2N2CCCC2)c(C)n1-c1ccccc1. The van der Waals surface area contributed by atoms with Gasteiger partial charge in [0, 0.05) is 30.2 Å². The number of para-hydroxylation sites is 2. The normalized spacial score (nSPS) is 13.8. The summed E-state index contributed by atoms with van der Waals surface area (Å²) in [7, 11) is 0. The molecule has 0 unspecified atom stereocenters. The van der Waals surface area contributed by atoms with Crippen LogP contribution < -0.4 is 10.2 Å². The van der Waals surface area contributed by atoms with Gasteiger partial charge in [0.25, 0.3) is 5.91 Å². The molecule has 2 heterocycles. The maximum atomic E-state index is 14.6. The highest BCUT2D eigenvalue weighted by molar-refractivity contribution is 6.07. The van der Waals surface area contributed by atoms with Crippen LogP contribution in [-0.2, 0) is 0 Å². The van der Waals surface area contributed by atoms with Crippen LogP contribution in [-0.4, -0.2) is 23.6 Å². The minimum atomic E-state index is -0.408. The molecule has 0 bridgehead atoms. The van der Waals surface area contributed by atoms with E-state index in [4.69, 9.17) is 0 Å². The second-order valence-corrected chi connectivity index (χ2v) is 7.24. The Balaban J connectivity index is 1.67. The summed E-state index contributed by atoms with van der Waals surface area (Å²) in [6, 6.07) is 16.7. The van der Waals surface area contributed by atoms with Crippen molar-refractivity contribution >= 4 is 17.3 Å². The first-order chi connectivity index (χ1) is 13.6. The molecule has 4 nitrogen and oxygen atoms in total. The first kappa shape index (κ1) is 18.3. The van der Waals surface area contributed by atoms with Gasteiger partial charge < -0.3 is 14.8 Å². The minimum Gasteiger partial charge on any atom is -0.370 e. The summed E-state index contributed by atoms with van der Waals surface area (Å²) < 4.78 is 16.6. The number of rotatable bonds is 4. The molecule has 0 radical (unpaired) electrons. The topological polar surface area (TPSA) is 37.3 Å². The summed E-state index contributed by atoms with van der Waals surface area (Å²) in [5.74, 6) is -0.699. The van der Waals surface area contributed by atoms with Crippen molar-refractivity contribution in [1.29, 1.82) is 0 Å². The molecular formula is C23H24FN3O. The third kappa shape index (κ3) is 3.28. The van der Waals surface area contributed by atoms with Gasteiger partial charge >= 0.3 is 0 Å². The standard InChI is InChI=1S/C23H24FN3O/c1-16-15-19(17(2)27(16)18-9-4-3-5-10-18)23(28)25-22-20(24)11-8-12-21(22)26-13-6-7-14-26/h3-5,8-12,15H,6-7,13-14H2,1-2H3,(H,25,28). The molecule has 1 aliphatic rings. The number of nitrogens with one attached hydrogen (secondary N) is 1. The minimum absolute atomic E-state index is 0.263. The zero-order chi connectivity index (χ0) is 19.7. The van der Waals surface area contributed by atoms with E-state index in [2.05, 4.69) is 10.2 Å². The summed E-state index contributed by atoms with van der Waals surface area (Å²) in [4.78, 5) is 15.2. The Morgan fingerprint density at radius 2 is 1.71 bits per heavy atom. The van der Waals surface area contributed by atoms with Gasteiger partial charge in [-0.3, -0.25) is 4.79 Å². The summed E-state index contributed by atoms with van der Waals surface area (Å²) in [5, 5.41) is 2.84. The van der Waals surface area contributed by atoms with E-state index >= 15 is 0 Å². The second-order valence-electron chi connectivity index (χ2n) is 7.24. The maximum Gasteiger partial charge on any atom is 0.257 e. The number of benzene rings is 2. The van der Waals surface area contributed by atoms with Crippen LogP contribution in [0.5, 0.6) is 0 Å². The molecule has 0 saturated carbocycles. The molecular weight excluding hydrogens is 353 g/mol. The van der Waals surface area contributed by atoms with Gasteiger partial charge in [0.2, 0.25) is 0 Å². The first-order valence-corrected chi connectivity index (χ1v) is 9.65. The molecule has 3 aromatic rings. The monoisotopic (exact) mass is 377 g/mol. The van der Waals surface area contributed by atoms with Gasteiger partial charge in [-0.15, -0.1) is 0 Å². The lowest BCUT2D eigenvalue weighted by molar-refractivity contribution is 0.102. The van der Waals surface area contributed by atoms with Gasteiger partial charge in [-0.1, -0.05) is 24.3 Å². The van der Waals surface area contributed by atoms with Crippen molar-refractivity contribution in [3.8, 4) is 5.69 Å². The lowest BCUT2D eigenvalue weighted by Crippen LogP contribution is -2.22. The predicted octanol–water partition coefficient (Wildman–Crippen LogP) is 5.09. The fraction of sp³-hybridized carbons (Fsp3) is 0.261. The fourth-order valence-corrected chi connectivity index (χ4v) is 4.01. The molecule has 4 rings (SSSR count). The molecule has 0 atom stereocenters. The molecule has 28 heavy (non-hydrogen) atoms. The molecule has 0 spiro atoms. The first-order valence-electron chi connectivity index (χ1n) is 9.65. The molecule has 1 N–H and O–H groups in total. The molecule has 2 aromatic carbocycles. The van der Waals surface area contributed by atoms with E-state index in [-0.39, 0.29) is 11.6 Å². The number of aryl methyl sites for hydroxylation is 1. The third-order valence-corrected chi connectivity index (χ3v) is 5.37. The van der Waals surface area contributed by atoms with Gasteiger partial charge in [0.05, 0.1) is 11.3 Å². The molecule has 1 saturated heterocycles. The highest BCUT2D eigenvalue weighted by atomic mass is 19.1. The van der Waals surface area contributed by atoms with Gasteiger partial charge in [-0.2, -0.15) is 0 Å². The van der Waals surface area contributed by atoms with E-state index in [1.807, 2.05) is 60.9 Å². The van der Waals surface area contributed by atoms with Crippen LogP contribution in [0.2, 0.25) is 0 Å². The van der Waals surface area contributed by atoms with Crippen LogP contribution in [0.15, 0.2) is 54.6 Å². The molecule has 5 heteroatoms. The molecule has 1 aromatic heterocycles. The van der Waals surface area contributed by atoms with E-state index < -0.39 is 5.82 Å². The lowest BCUT2D eigenvalue weighted by Gasteiger charge is -2.22. The number of nitrogens with zero attached hydrogens (tertiary/aromatic N) is 2.